The molecule has 0 bridgehead atoms. The average Bonchev–Trinajstić information content (AvgIpc) is 2.39. The second kappa shape index (κ2) is 6.10. The number of hydrogen-bond acceptors (Lipinski definition) is 4. The summed E-state index contributed by atoms with van der Waals surface area (Å²) in [4.78, 5) is 21.9. The summed E-state index contributed by atoms with van der Waals surface area (Å²) in [7, 11) is 2.14. The van der Waals surface area contributed by atoms with Gasteiger partial charge in [0.1, 0.15) is 5.82 Å². The van der Waals surface area contributed by atoms with Crippen LogP contribution >= 0.6 is 0 Å². The highest BCUT2D eigenvalue weighted by Crippen LogP contribution is 2.25. The Kier molecular flexibility index (Phi) is 4.47. The predicted octanol–water partition coefficient (Wildman–Crippen LogP) is 1.55. The number of aromatic nitrogens is 2. The summed E-state index contributed by atoms with van der Waals surface area (Å²) in [5, 5.41) is 8.93. The van der Waals surface area contributed by atoms with E-state index in [-0.39, 0.29) is 0 Å². The highest BCUT2D eigenvalue weighted by atomic mass is 16.4. The van der Waals surface area contributed by atoms with E-state index in [1.165, 1.54) is 0 Å². The Morgan fingerprint density at radius 2 is 2.21 bits per heavy atom. The number of piperidine rings is 1. The summed E-state index contributed by atoms with van der Waals surface area (Å²) in [6.45, 7) is 3.87. The van der Waals surface area contributed by atoms with Crippen LogP contribution < -0.4 is 0 Å². The van der Waals surface area contributed by atoms with Gasteiger partial charge in [-0.2, -0.15) is 0 Å². The van der Waals surface area contributed by atoms with Gasteiger partial charge < -0.3 is 10.0 Å². The Bertz CT molecular complexity index is 442. The number of likely N-dealkylation sites (tertiary alicyclic amines) is 1. The van der Waals surface area contributed by atoms with E-state index in [9.17, 15) is 4.79 Å². The molecule has 2 heterocycles. The van der Waals surface area contributed by atoms with Gasteiger partial charge in [-0.3, -0.25) is 4.79 Å². The van der Waals surface area contributed by atoms with Gasteiger partial charge in [-0.05, 0) is 39.0 Å². The van der Waals surface area contributed by atoms with Gasteiger partial charge in [0, 0.05) is 24.2 Å². The van der Waals surface area contributed by atoms with Crippen LogP contribution in [0.2, 0.25) is 0 Å². The van der Waals surface area contributed by atoms with Crippen LogP contribution in [0, 0.1) is 5.92 Å². The maximum Gasteiger partial charge on any atom is 0.306 e. The molecule has 104 valence electrons. The molecule has 0 spiro atoms. The molecule has 1 atom stereocenters. The van der Waals surface area contributed by atoms with Crippen LogP contribution in [0.15, 0.2) is 12.3 Å². The van der Waals surface area contributed by atoms with Gasteiger partial charge in [0.25, 0.3) is 0 Å². The van der Waals surface area contributed by atoms with E-state index >= 15 is 0 Å². The Balaban J connectivity index is 2.04. The Morgan fingerprint density at radius 3 is 2.84 bits per heavy atom. The maximum atomic E-state index is 10.9. The van der Waals surface area contributed by atoms with Gasteiger partial charge >= 0.3 is 5.97 Å². The normalized spacial score (nSPS) is 19.3. The van der Waals surface area contributed by atoms with Gasteiger partial charge in [-0.25, -0.2) is 9.97 Å². The van der Waals surface area contributed by atoms with E-state index in [2.05, 4.69) is 21.9 Å². The summed E-state index contributed by atoms with van der Waals surface area (Å²) >= 11 is 0. The smallest absolute Gasteiger partial charge is 0.306 e. The standard InChI is InChI=1S/C14H21N3O2/c1-10(14(18)19)9-13-15-6-3-12(16-13)11-4-7-17(2)8-5-11/h3,6,10-11H,4-5,7-9H2,1-2H3,(H,18,19). The molecule has 0 amide bonds. The minimum Gasteiger partial charge on any atom is -0.481 e. The summed E-state index contributed by atoms with van der Waals surface area (Å²) < 4.78 is 0. The third kappa shape index (κ3) is 3.73. The van der Waals surface area contributed by atoms with Crippen LogP contribution in [0.5, 0.6) is 0 Å². The summed E-state index contributed by atoms with van der Waals surface area (Å²) in [5.41, 5.74) is 1.07. The van der Waals surface area contributed by atoms with E-state index in [1.54, 1.807) is 13.1 Å². The van der Waals surface area contributed by atoms with Gasteiger partial charge in [0.15, 0.2) is 0 Å². The molecule has 1 unspecified atom stereocenters. The second-order valence-electron chi connectivity index (χ2n) is 5.42. The monoisotopic (exact) mass is 263 g/mol. The molecule has 5 heteroatoms. The highest BCUT2D eigenvalue weighted by molar-refractivity contribution is 5.69. The Labute approximate surface area is 113 Å². The fraction of sp³-hybridized carbons (Fsp3) is 0.643. The number of carbonyl (C=O) groups is 1. The van der Waals surface area contributed by atoms with Crippen molar-refractivity contribution in [1.82, 2.24) is 14.9 Å². The molecule has 0 saturated carbocycles. The zero-order chi connectivity index (χ0) is 13.8. The van der Waals surface area contributed by atoms with Crippen LogP contribution in [0.4, 0.5) is 0 Å². The van der Waals surface area contributed by atoms with Crippen LogP contribution in [-0.2, 0) is 11.2 Å². The minimum atomic E-state index is -0.798. The molecule has 0 aromatic carbocycles. The Hall–Kier alpha value is -1.49. The van der Waals surface area contributed by atoms with Crippen molar-refractivity contribution in [2.75, 3.05) is 20.1 Å². The van der Waals surface area contributed by atoms with E-state index < -0.39 is 11.9 Å². The zero-order valence-corrected chi connectivity index (χ0v) is 11.5. The third-order valence-corrected chi connectivity index (χ3v) is 3.77. The quantitative estimate of drug-likeness (QED) is 0.892. The number of aliphatic carboxylic acids is 1. The van der Waals surface area contributed by atoms with Crippen molar-refractivity contribution in [3.05, 3.63) is 23.8 Å². The number of carboxylic acid groups (broad SMARTS) is 1. The largest absolute Gasteiger partial charge is 0.481 e. The van der Waals surface area contributed by atoms with E-state index in [4.69, 9.17) is 5.11 Å². The summed E-state index contributed by atoms with van der Waals surface area (Å²) in [6.07, 6.45) is 4.38. The number of carboxylic acids is 1. The molecule has 5 nitrogen and oxygen atoms in total. The van der Waals surface area contributed by atoms with Crippen LogP contribution in [0.1, 0.15) is 37.2 Å². The first-order valence-corrected chi connectivity index (χ1v) is 6.79. The molecule has 1 aromatic rings. The lowest BCUT2D eigenvalue weighted by molar-refractivity contribution is -0.141. The zero-order valence-electron chi connectivity index (χ0n) is 11.5. The fourth-order valence-corrected chi connectivity index (χ4v) is 2.41. The SMILES string of the molecule is CC(Cc1nccc(C2CCN(C)CC2)n1)C(=O)O. The molecule has 1 N–H and O–H groups in total. The maximum absolute atomic E-state index is 10.9. The molecule has 0 radical (unpaired) electrons. The van der Waals surface area contributed by atoms with E-state index in [0.29, 0.717) is 18.2 Å². The first kappa shape index (κ1) is 13.9. The van der Waals surface area contributed by atoms with E-state index in [1.807, 2.05) is 6.07 Å². The molecule has 1 aliphatic rings. The topological polar surface area (TPSA) is 66.3 Å². The third-order valence-electron chi connectivity index (χ3n) is 3.77. The highest BCUT2D eigenvalue weighted by Gasteiger charge is 2.20. The van der Waals surface area contributed by atoms with Gasteiger partial charge in [-0.15, -0.1) is 0 Å². The molecular formula is C14H21N3O2. The first-order chi connectivity index (χ1) is 9.06. The molecule has 0 aliphatic carbocycles. The molecule has 2 rings (SSSR count). The van der Waals surface area contributed by atoms with Gasteiger partial charge in [0.2, 0.25) is 0 Å². The summed E-state index contributed by atoms with van der Waals surface area (Å²) in [6, 6.07) is 1.96. The van der Waals surface area contributed by atoms with Gasteiger partial charge in [-0.1, -0.05) is 6.92 Å². The van der Waals surface area contributed by atoms with Crippen molar-refractivity contribution in [1.29, 1.82) is 0 Å². The lowest BCUT2D eigenvalue weighted by Crippen LogP contribution is -2.29. The van der Waals surface area contributed by atoms with Crippen LogP contribution in [0.25, 0.3) is 0 Å². The van der Waals surface area contributed by atoms with Crippen LogP contribution in [-0.4, -0.2) is 46.1 Å². The summed E-state index contributed by atoms with van der Waals surface area (Å²) in [5.74, 6) is -0.106. The van der Waals surface area contributed by atoms with Crippen molar-refractivity contribution in [3.63, 3.8) is 0 Å². The molecule has 19 heavy (non-hydrogen) atoms. The molecular weight excluding hydrogens is 242 g/mol. The van der Waals surface area contributed by atoms with Crippen molar-refractivity contribution >= 4 is 5.97 Å². The second-order valence-corrected chi connectivity index (χ2v) is 5.42. The van der Waals surface area contributed by atoms with E-state index in [0.717, 1.165) is 31.6 Å². The number of rotatable bonds is 4. The fourth-order valence-electron chi connectivity index (χ4n) is 2.41. The molecule has 1 fully saturated rings. The number of hydrogen-bond donors (Lipinski definition) is 1. The number of nitrogens with zero attached hydrogens (tertiary/aromatic N) is 3. The molecule has 1 saturated heterocycles. The molecule has 1 aliphatic heterocycles. The van der Waals surface area contributed by atoms with Crippen molar-refractivity contribution < 1.29 is 9.90 Å². The van der Waals surface area contributed by atoms with Gasteiger partial charge in [0.05, 0.1) is 5.92 Å². The lowest BCUT2D eigenvalue weighted by Gasteiger charge is -2.28. The first-order valence-electron chi connectivity index (χ1n) is 6.79. The lowest BCUT2D eigenvalue weighted by atomic mass is 9.93. The van der Waals surface area contributed by atoms with Crippen molar-refractivity contribution in [2.24, 2.45) is 5.92 Å². The Morgan fingerprint density at radius 1 is 1.53 bits per heavy atom. The predicted molar refractivity (Wildman–Crippen MR) is 72.0 cm³/mol. The van der Waals surface area contributed by atoms with Crippen molar-refractivity contribution in [3.8, 4) is 0 Å². The molecule has 1 aromatic heterocycles. The van der Waals surface area contributed by atoms with Crippen molar-refractivity contribution in [2.45, 2.75) is 32.1 Å². The average molecular weight is 263 g/mol. The minimum absolute atomic E-state index is 0.399. The van der Waals surface area contributed by atoms with Crippen LogP contribution in [0.3, 0.4) is 0 Å².